The maximum Gasteiger partial charge on any atom is 0.141 e. The van der Waals surface area contributed by atoms with E-state index in [2.05, 4.69) is 4.98 Å². The molecule has 0 saturated carbocycles. The van der Waals surface area contributed by atoms with Gasteiger partial charge in [0.2, 0.25) is 0 Å². The van der Waals surface area contributed by atoms with Crippen molar-refractivity contribution in [2.24, 2.45) is 0 Å². The Balaban J connectivity index is 2.05. The van der Waals surface area contributed by atoms with Gasteiger partial charge < -0.3 is 5.73 Å². The van der Waals surface area contributed by atoms with Crippen LogP contribution in [0, 0.1) is 5.82 Å². The fourth-order valence-corrected chi connectivity index (χ4v) is 2.20. The zero-order valence-corrected chi connectivity index (χ0v) is 9.38. The number of benzene rings is 1. The monoisotopic (exact) mass is 234 g/mol. The molecule has 4 heteroatoms. The first kappa shape index (κ1) is 11.0. The minimum Gasteiger partial charge on any atom is -0.398 e. The van der Waals surface area contributed by atoms with Gasteiger partial charge in [-0.2, -0.15) is 0 Å². The Morgan fingerprint density at radius 3 is 2.81 bits per heavy atom. The minimum absolute atomic E-state index is 0.306. The number of aromatic nitrogens is 1. The van der Waals surface area contributed by atoms with E-state index in [1.165, 1.54) is 12.3 Å². The fourth-order valence-electron chi connectivity index (χ4n) is 1.31. The van der Waals surface area contributed by atoms with Crippen LogP contribution < -0.4 is 5.73 Å². The summed E-state index contributed by atoms with van der Waals surface area (Å²) < 4.78 is 12.9. The lowest BCUT2D eigenvalue weighted by atomic mass is 10.3. The second kappa shape index (κ2) is 4.99. The molecule has 0 aliphatic carbocycles. The number of nitrogens with two attached hydrogens (primary N) is 1. The molecule has 0 radical (unpaired) electrons. The lowest BCUT2D eigenvalue weighted by molar-refractivity contribution is 0.619. The van der Waals surface area contributed by atoms with E-state index in [0.717, 1.165) is 16.1 Å². The van der Waals surface area contributed by atoms with Crippen LogP contribution in [0.15, 0.2) is 47.6 Å². The van der Waals surface area contributed by atoms with Gasteiger partial charge in [0.25, 0.3) is 0 Å². The number of nitrogens with zero attached hydrogens (tertiary/aromatic N) is 1. The summed E-state index contributed by atoms with van der Waals surface area (Å²) in [5.74, 6) is 0.359. The first-order valence-electron chi connectivity index (χ1n) is 4.82. The molecule has 0 amide bonds. The number of hydrogen-bond acceptors (Lipinski definition) is 3. The third-order valence-electron chi connectivity index (χ3n) is 2.07. The van der Waals surface area contributed by atoms with E-state index >= 15 is 0 Å². The van der Waals surface area contributed by atoms with E-state index in [4.69, 9.17) is 5.73 Å². The molecule has 1 heterocycles. The molecule has 2 aromatic rings. The molecular weight excluding hydrogens is 223 g/mol. The highest BCUT2D eigenvalue weighted by Gasteiger charge is 2.01. The van der Waals surface area contributed by atoms with E-state index < -0.39 is 0 Å². The van der Waals surface area contributed by atoms with Crippen LogP contribution in [0.3, 0.4) is 0 Å². The average Bonchev–Trinajstić information content (AvgIpc) is 2.28. The van der Waals surface area contributed by atoms with Gasteiger partial charge in [-0.05, 0) is 23.8 Å². The second-order valence-corrected chi connectivity index (χ2v) is 4.36. The molecule has 0 bridgehead atoms. The fraction of sp³-hybridized carbons (Fsp3) is 0.0833. The van der Waals surface area contributed by atoms with E-state index in [-0.39, 0.29) is 5.82 Å². The standard InChI is InChI=1S/C12H11FN2S/c13-10-5-9(6-15-7-10)8-16-12-4-2-1-3-11(12)14/h1-7H,8,14H2. The summed E-state index contributed by atoms with van der Waals surface area (Å²) in [5.41, 5.74) is 7.41. The Hall–Kier alpha value is -1.55. The summed E-state index contributed by atoms with van der Waals surface area (Å²) >= 11 is 1.58. The van der Waals surface area contributed by atoms with Crippen molar-refractivity contribution in [3.63, 3.8) is 0 Å². The summed E-state index contributed by atoms with van der Waals surface area (Å²) in [7, 11) is 0. The van der Waals surface area contributed by atoms with Gasteiger partial charge in [0.05, 0.1) is 6.20 Å². The molecule has 0 unspecified atom stereocenters. The summed E-state index contributed by atoms with van der Waals surface area (Å²) in [5, 5.41) is 0. The predicted molar refractivity (Wildman–Crippen MR) is 64.6 cm³/mol. The van der Waals surface area contributed by atoms with E-state index in [9.17, 15) is 4.39 Å². The average molecular weight is 234 g/mol. The van der Waals surface area contributed by atoms with Crippen LogP contribution in [0.2, 0.25) is 0 Å². The molecule has 1 aromatic carbocycles. The molecule has 16 heavy (non-hydrogen) atoms. The Kier molecular flexibility index (Phi) is 3.41. The molecule has 1 aromatic heterocycles. The van der Waals surface area contributed by atoms with Crippen molar-refractivity contribution in [2.75, 3.05) is 5.73 Å². The van der Waals surface area contributed by atoms with Crippen LogP contribution in [0.25, 0.3) is 0 Å². The Labute approximate surface area is 97.7 Å². The number of para-hydroxylation sites is 1. The van der Waals surface area contributed by atoms with Crippen LogP contribution in [0.4, 0.5) is 10.1 Å². The van der Waals surface area contributed by atoms with Crippen molar-refractivity contribution < 1.29 is 4.39 Å². The molecule has 0 fully saturated rings. The van der Waals surface area contributed by atoms with Gasteiger partial charge in [0, 0.05) is 22.5 Å². The molecule has 82 valence electrons. The molecule has 2 nitrogen and oxygen atoms in total. The van der Waals surface area contributed by atoms with Crippen molar-refractivity contribution in [1.82, 2.24) is 4.98 Å². The lowest BCUT2D eigenvalue weighted by Gasteiger charge is -2.04. The molecule has 0 aliphatic rings. The predicted octanol–water partition coefficient (Wildman–Crippen LogP) is 3.10. The molecular formula is C12H11FN2S. The van der Waals surface area contributed by atoms with E-state index in [1.54, 1.807) is 18.0 Å². The third kappa shape index (κ3) is 2.73. The summed E-state index contributed by atoms with van der Waals surface area (Å²) in [6.45, 7) is 0. The molecule has 0 atom stereocenters. The maximum atomic E-state index is 12.9. The summed E-state index contributed by atoms with van der Waals surface area (Å²) in [6.07, 6.45) is 2.86. The lowest BCUT2D eigenvalue weighted by Crippen LogP contribution is -1.89. The van der Waals surface area contributed by atoms with E-state index in [0.29, 0.717) is 5.75 Å². The van der Waals surface area contributed by atoms with Gasteiger partial charge in [-0.3, -0.25) is 4.98 Å². The van der Waals surface area contributed by atoms with Gasteiger partial charge in [0.1, 0.15) is 5.82 Å². The normalized spacial score (nSPS) is 10.3. The topological polar surface area (TPSA) is 38.9 Å². The number of nitrogen functional groups attached to an aromatic ring is 1. The van der Waals surface area contributed by atoms with E-state index in [1.807, 2.05) is 24.3 Å². The number of anilines is 1. The number of pyridine rings is 1. The Morgan fingerprint density at radius 1 is 1.25 bits per heavy atom. The van der Waals surface area contributed by atoms with Crippen LogP contribution in [0.1, 0.15) is 5.56 Å². The molecule has 2 rings (SSSR count). The number of rotatable bonds is 3. The first-order chi connectivity index (χ1) is 7.75. The van der Waals surface area contributed by atoms with Crippen molar-refractivity contribution in [2.45, 2.75) is 10.6 Å². The molecule has 2 N–H and O–H groups in total. The second-order valence-electron chi connectivity index (χ2n) is 3.34. The van der Waals surface area contributed by atoms with Crippen molar-refractivity contribution in [3.05, 3.63) is 54.1 Å². The number of thioether (sulfide) groups is 1. The van der Waals surface area contributed by atoms with Crippen LogP contribution >= 0.6 is 11.8 Å². The molecule has 0 saturated heterocycles. The van der Waals surface area contributed by atoms with Gasteiger partial charge in [-0.1, -0.05) is 12.1 Å². The molecule has 0 spiro atoms. The largest absolute Gasteiger partial charge is 0.398 e. The van der Waals surface area contributed by atoms with Gasteiger partial charge in [0.15, 0.2) is 0 Å². The number of halogens is 1. The maximum absolute atomic E-state index is 12.9. The van der Waals surface area contributed by atoms with Gasteiger partial charge >= 0.3 is 0 Å². The first-order valence-corrected chi connectivity index (χ1v) is 5.81. The zero-order valence-electron chi connectivity index (χ0n) is 8.56. The van der Waals surface area contributed by atoms with Crippen LogP contribution in [0.5, 0.6) is 0 Å². The Morgan fingerprint density at radius 2 is 2.06 bits per heavy atom. The minimum atomic E-state index is -0.306. The van der Waals surface area contributed by atoms with Crippen LogP contribution in [-0.4, -0.2) is 4.98 Å². The number of hydrogen-bond donors (Lipinski definition) is 1. The van der Waals surface area contributed by atoms with Crippen molar-refractivity contribution in [1.29, 1.82) is 0 Å². The highest BCUT2D eigenvalue weighted by Crippen LogP contribution is 2.27. The third-order valence-corrected chi connectivity index (χ3v) is 3.24. The highest BCUT2D eigenvalue weighted by molar-refractivity contribution is 7.98. The molecule has 0 aliphatic heterocycles. The summed E-state index contributed by atoms with van der Waals surface area (Å²) in [6, 6.07) is 9.11. The highest BCUT2D eigenvalue weighted by atomic mass is 32.2. The smallest absolute Gasteiger partial charge is 0.141 e. The SMILES string of the molecule is Nc1ccccc1SCc1cncc(F)c1. The zero-order chi connectivity index (χ0) is 11.4. The van der Waals surface area contributed by atoms with Crippen molar-refractivity contribution in [3.8, 4) is 0 Å². The van der Waals surface area contributed by atoms with Gasteiger partial charge in [-0.15, -0.1) is 11.8 Å². The quantitative estimate of drug-likeness (QED) is 0.655. The van der Waals surface area contributed by atoms with Gasteiger partial charge in [-0.25, -0.2) is 4.39 Å². The Bertz CT molecular complexity index is 488. The summed E-state index contributed by atoms with van der Waals surface area (Å²) in [4.78, 5) is 4.81. The van der Waals surface area contributed by atoms with Crippen molar-refractivity contribution >= 4 is 17.4 Å². The van der Waals surface area contributed by atoms with Crippen LogP contribution in [-0.2, 0) is 5.75 Å².